The molecule has 0 saturated carbocycles. The summed E-state index contributed by atoms with van der Waals surface area (Å²) in [6.07, 6.45) is 3.25. The average molecular weight is 391 g/mol. The summed E-state index contributed by atoms with van der Waals surface area (Å²) in [5, 5.41) is 5.65. The Kier molecular flexibility index (Phi) is 7.33. The monoisotopic (exact) mass is 390 g/mol. The van der Waals surface area contributed by atoms with Crippen LogP contribution in [0.1, 0.15) is 52.1 Å². The van der Waals surface area contributed by atoms with Crippen molar-refractivity contribution >= 4 is 11.0 Å². The van der Waals surface area contributed by atoms with Gasteiger partial charge in [-0.15, -0.1) is 0 Å². The van der Waals surface area contributed by atoms with Crippen molar-refractivity contribution in [1.29, 1.82) is 0 Å². The van der Waals surface area contributed by atoms with Crippen molar-refractivity contribution in [2.24, 2.45) is 17.0 Å². The van der Waals surface area contributed by atoms with E-state index in [1.165, 1.54) is 0 Å². The van der Waals surface area contributed by atoms with Gasteiger partial charge in [-0.25, -0.2) is 18.0 Å². The highest BCUT2D eigenvalue weighted by Gasteiger charge is 2.31. The van der Waals surface area contributed by atoms with Crippen LogP contribution in [0.15, 0.2) is 12.5 Å². The molecule has 26 heavy (non-hydrogen) atoms. The van der Waals surface area contributed by atoms with E-state index < -0.39 is 22.2 Å². The van der Waals surface area contributed by atoms with E-state index in [1.807, 2.05) is 25.1 Å². The average Bonchev–Trinajstić information content (AvgIpc) is 3.14. The zero-order valence-electron chi connectivity index (χ0n) is 16.2. The molecule has 0 aromatic carbocycles. The molecule has 1 saturated heterocycles. The van der Waals surface area contributed by atoms with Crippen molar-refractivity contribution in [3.63, 3.8) is 0 Å². The first-order valence-electron chi connectivity index (χ1n) is 9.27. The normalized spacial score (nSPS) is 21.7. The topological polar surface area (TPSA) is 64.2 Å². The number of hydrogen-bond donors (Lipinski definition) is 1. The Balaban J connectivity index is 2.00. The second-order valence-corrected chi connectivity index (χ2v) is 10.1. The van der Waals surface area contributed by atoms with Gasteiger partial charge in [-0.1, -0.05) is 13.8 Å². The van der Waals surface area contributed by atoms with Crippen molar-refractivity contribution in [1.82, 2.24) is 14.5 Å². The highest BCUT2D eigenvalue weighted by Crippen LogP contribution is 2.33. The Hall–Kier alpha value is -0.860. The van der Waals surface area contributed by atoms with Crippen LogP contribution in [-0.2, 0) is 17.5 Å². The quantitative estimate of drug-likeness (QED) is 0.705. The minimum atomic E-state index is -2.27. The van der Waals surface area contributed by atoms with E-state index >= 15 is 0 Å². The third kappa shape index (κ3) is 5.82. The molecule has 0 radical (unpaired) electrons. The second-order valence-electron chi connectivity index (χ2n) is 8.41. The van der Waals surface area contributed by atoms with Crippen LogP contribution in [0.25, 0.3) is 0 Å². The Morgan fingerprint density at radius 1 is 1.42 bits per heavy atom. The van der Waals surface area contributed by atoms with Crippen LogP contribution in [0, 0.1) is 11.8 Å². The van der Waals surface area contributed by atoms with Gasteiger partial charge in [-0.2, -0.15) is 0 Å². The molecule has 1 aliphatic rings. The number of hydrogen-bond acceptors (Lipinski definition) is 3. The highest BCUT2D eigenvalue weighted by molar-refractivity contribution is 7.84. The van der Waals surface area contributed by atoms with Crippen LogP contribution in [0.5, 0.6) is 0 Å². The minimum absolute atomic E-state index is 0.133. The number of nitrogens with two attached hydrogens (primary N) is 1. The molecule has 0 spiro atoms. The lowest BCUT2D eigenvalue weighted by atomic mass is 9.85. The van der Waals surface area contributed by atoms with Crippen LogP contribution >= 0.6 is 0 Å². The maximum atomic E-state index is 12.5. The lowest BCUT2D eigenvalue weighted by Crippen LogP contribution is -2.34. The third-order valence-electron chi connectivity index (χ3n) is 5.33. The van der Waals surface area contributed by atoms with Crippen LogP contribution in [0.3, 0.4) is 0 Å². The summed E-state index contributed by atoms with van der Waals surface area (Å²) in [4.78, 5) is 6.42. The summed E-state index contributed by atoms with van der Waals surface area (Å²) in [5.41, 5.74) is 0.987. The summed E-state index contributed by atoms with van der Waals surface area (Å²) in [7, 11) is -1.39. The SMILES string of the molecule is CC(C)[C@H](CC(C)(C)S(N)=O)c1cn(C[C@H]2CCN(CC(F)F)C2)cn1. The number of aromatic nitrogens is 2. The van der Waals surface area contributed by atoms with Gasteiger partial charge in [0.25, 0.3) is 6.43 Å². The standard InChI is InChI=1S/C18H32F2N4OS/c1-13(2)15(7-18(3,4)26(21)25)16-10-24(12-22-16)9-14-5-6-23(8-14)11-17(19)20/h10,12-15,17H,5-9,11,21H2,1-4H3/t14-,15-,26?/m0/s1. The predicted molar refractivity (Wildman–Crippen MR) is 101 cm³/mol. The van der Waals surface area contributed by atoms with E-state index in [0.717, 1.165) is 25.2 Å². The smallest absolute Gasteiger partial charge is 0.251 e. The van der Waals surface area contributed by atoms with Gasteiger partial charge in [0.1, 0.15) is 0 Å². The lowest BCUT2D eigenvalue weighted by molar-refractivity contribution is 0.0975. The van der Waals surface area contributed by atoms with Crippen molar-refractivity contribution < 1.29 is 13.0 Å². The zero-order chi connectivity index (χ0) is 19.5. The maximum Gasteiger partial charge on any atom is 0.251 e. The van der Waals surface area contributed by atoms with Crippen LogP contribution in [-0.4, -0.2) is 49.5 Å². The van der Waals surface area contributed by atoms with Crippen molar-refractivity contribution in [2.75, 3.05) is 19.6 Å². The number of rotatable bonds is 9. The highest BCUT2D eigenvalue weighted by atomic mass is 32.2. The number of nitrogens with zero attached hydrogens (tertiary/aromatic N) is 3. The Morgan fingerprint density at radius 3 is 2.69 bits per heavy atom. The molecule has 3 atom stereocenters. The first-order valence-corrected chi connectivity index (χ1v) is 10.5. The van der Waals surface area contributed by atoms with E-state index in [4.69, 9.17) is 5.14 Å². The van der Waals surface area contributed by atoms with Crippen LogP contribution in [0.2, 0.25) is 0 Å². The molecule has 8 heteroatoms. The number of likely N-dealkylation sites (tertiary alicyclic amines) is 1. The van der Waals surface area contributed by atoms with Gasteiger partial charge in [0.2, 0.25) is 0 Å². The van der Waals surface area contributed by atoms with Gasteiger partial charge in [-0.3, -0.25) is 10.0 Å². The van der Waals surface area contributed by atoms with E-state index in [1.54, 1.807) is 0 Å². The molecule has 0 aliphatic carbocycles. The van der Waals surface area contributed by atoms with E-state index in [0.29, 0.717) is 24.8 Å². The van der Waals surface area contributed by atoms with Crippen molar-refractivity contribution in [3.05, 3.63) is 18.2 Å². The molecule has 150 valence electrons. The number of halogens is 2. The second kappa shape index (κ2) is 8.89. The summed E-state index contributed by atoms with van der Waals surface area (Å²) in [5.74, 6) is 0.910. The molecular weight excluding hydrogens is 358 g/mol. The number of imidazole rings is 1. The molecule has 1 fully saturated rings. The Morgan fingerprint density at radius 2 is 2.12 bits per heavy atom. The maximum absolute atomic E-state index is 12.5. The minimum Gasteiger partial charge on any atom is -0.337 e. The molecule has 0 amide bonds. The van der Waals surface area contributed by atoms with Crippen LogP contribution in [0.4, 0.5) is 8.78 Å². The van der Waals surface area contributed by atoms with E-state index in [9.17, 15) is 13.0 Å². The predicted octanol–water partition coefficient (Wildman–Crippen LogP) is 3.00. The van der Waals surface area contributed by atoms with Gasteiger partial charge in [0.15, 0.2) is 0 Å². The fourth-order valence-electron chi connectivity index (χ4n) is 3.68. The number of alkyl halides is 2. The molecule has 0 bridgehead atoms. The summed E-state index contributed by atoms with van der Waals surface area (Å²) in [6, 6.07) is 0. The van der Waals surface area contributed by atoms with E-state index in [-0.39, 0.29) is 12.5 Å². The molecular formula is C18H32F2N4OS. The van der Waals surface area contributed by atoms with Gasteiger partial charge < -0.3 is 4.57 Å². The molecule has 2 heterocycles. The van der Waals surface area contributed by atoms with Gasteiger partial charge >= 0.3 is 0 Å². The first kappa shape index (κ1) is 21.4. The summed E-state index contributed by atoms with van der Waals surface area (Å²) >= 11 is 0. The summed E-state index contributed by atoms with van der Waals surface area (Å²) < 4.78 is 38.4. The molecule has 1 aliphatic heterocycles. The molecule has 2 rings (SSSR count). The molecule has 1 unspecified atom stereocenters. The van der Waals surface area contributed by atoms with Gasteiger partial charge in [0.05, 0.1) is 34.3 Å². The molecule has 1 aromatic heterocycles. The Labute approximate surface area is 157 Å². The molecule has 1 aromatic rings. The fraction of sp³-hybridized carbons (Fsp3) is 0.833. The van der Waals surface area contributed by atoms with Crippen LogP contribution < -0.4 is 5.14 Å². The molecule has 2 N–H and O–H groups in total. The first-order chi connectivity index (χ1) is 12.1. The van der Waals surface area contributed by atoms with Crippen molar-refractivity contribution in [2.45, 2.75) is 64.2 Å². The zero-order valence-corrected chi connectivity index (χ0v) is 17.0. The third-order valence-corrected chi connectivity index (χ3v) is 6.59. The molecule has 5 nitrogen and oxygen atoms in total. The largest absolute Gasteiger partial charge is 0.337 e. The van der Waals surface area contributed by atoms with Gasteiger partial charge in [0, 0.05) is 25.2 Å². The lowest BCUT2D eigenvalue weighted by Gasteiger charge is -2.28. The fourth-order valence-corrected chi connectivity index (χ4v) is 4.03. The van der Waals surface area contributed by atoms with E-state index in [2.05, 4.69) is 29.6 Å². The summed E-state index contributed by atoms with van der Waals surface area (Å²) in [6.45, 7) is 10.2. The van der Waals surface area contributed by atoms with Gasteiger partial charge in [-0.05, 0) is 45.1 Å². The Bertz CT molecular complexity index is 606. The van der Waals surface area contributed by atoms with Crippen molar-refractivity contribution in [3.8, 4) is 0 Å².